The lowest BCUT2D eigenvalue weighted by Crippen LogP contribution is -2.31. The number of carbonyl (C=O) groups excluding carboxylic acids is 1. The fourth-order valence-corrected chi connectivity index (χ4v) is 2.69. The van der Waals surface area contributed by atoms with E-state index in [9.17, 15) is 4.79 Å². The van der Waals surface area contributed by atoms with Crippen molar-refractivity contribution in [3.8, 4) is 5.69 Å². The van der Waals surface area contributed by atoms with Crippen LogP contribution in [0.3, 0.4) is 0 Å². The molecule has 1 atom stereocenters. The molecule has 0 bridgehead atoms. The molecule has 0 aliphatic rings. The van der Waals surface area contributed by atoms with Gasteiger partial charge in [-0.25, -0.2) is 0 Å². The minimum Gasteiger partial charge on any atom is -0.352 e. The van der Waals surface area contributed by atoms with Crippen molar-refractivity contribution in [2.45, 2.75) is 24.3 Å². The van der Waals surface area contributed by atoms with E-state index in [4.69, 9.17) is 0 Å². The number of thioether (sulfide) groups is 1. The Balaban J connectivity index is 2.16. The molecule has 1 heterocycles. The number of benzene rings is 1. The Bertz CT molecular complexity index is 638. The van der Waals surface area contributed by atoms with E-state index in [1.165, 1.54) is 11.8 Å². The van der Waals surface area contributed by atoms with Crippen LogP contribution in [0.4, 0.5) is 0 Å². The van der Waals surface area contributed by atoms with Gasteiger partial charge in [-0.05, 0) is 25.5 Å². The zero-order chi connectivity index (χ0) is 15.2. The first-order valence-corrected chi connectivity index (χ1v) is 7.52. The molecule has 0 spiro atoms. The van der Waals surface area contributed by atoms with Gasteiger partial charge >= 0.3 is 0 Å². The summed E-state index contributed by atoms with van der Waals surface area (Å²) in [6, 6.07) is 7.99. The van der Waals surface area contributed by atoms with E-state index in [0.29, 0.717) is 11.7 Å². The van der Waals surface area contributed by atoms with E-state index in [2.05, 4.69) is 22.1 Å². The number of aromatic nitrogens is 3. The van der Waals surface area contributed by atoms with E-state index < -0.39 is 0 Å². The van der Waals surface area contributed by atoms with Gasteiger partial charge in [-0.3, -0.25) is 9.36 Å². The van der Waals surface area contributed by atoms with E-state index in [1.807, 2.05) is 42.7 Å². The number of amides is 1. The van der Waals surface area contributed by atoms with E-state index in [-0.39, 0.29) is 11.2 Å². The summed E-state index contributed by atoms with van der Waals surface area (Å²) < 4.78 is 1.90. The summed E-state index contributed by atoms with van der Waals surface area (Å²) >= 11 is 1.38. The predicted octanol–water partition coefficient (Wildman–Crippen LogP) is 2.36. The third kappa shape index (κ3) is 3.72. The Labute approximate surface area is 128 Å². The second-order valence-electron chi connectivity index (χ2n) is 4.56. The maximum absolute atomic E-state index is 11.9. The molecule has 1 aromatic carbocycles. The Morgan fingerprint density at radius 3 is 3.00 bits per heavy atom. The fraction of sp³-hybridized carbons (Fsp3) is 0.267. The summed E-state index contributed by atoms with van der Waals surface area (Å²) in [7, 11) is 0. The maximum Gasteiger partial charge on any atom is 0.233 e. The lowest BCUT2D eigenvalue weighted by molar-refractivity contribution is -0.120. The molecule has 1 aromatic heterocycles. The number of para-hydroxylation sites is 1. The summed E-state index contributed by atoms with van der Waals surface area (Å²) in [6.07, 6.45) is 3.32. The molecule has 0 saturated carbocycles. The quantitative estimate of drug-likeness (QED) is 0.657. The normalized spacial score (nSPS) is 11.9. The molecule has 0 aliphatic heterocycles. The highest BCUT2D eigenvalue weighted by atomic mass is 32.2. The highest BCUT2D eigenvalue weighted by Crippen LogP contribution is 2.25. The third-order valence-corrected chi connectivity index (χ3v) is 4.02. The van der Waals surface area contributed by atoms with Crippen molar-refractivity contribution < 1.29 is 4.79 Å². The van der Waals surface area contributed by atoms with Gasteiger partial charge in [-0.2, -0.15) is 0 Å². The molecule has 1 amide bonds. The van der Waals surface area contributed by atoms with Crippen LogP contribution in [-0.4, -0.2) is 32.5 Å². The average Bonchev–Trinajstić information content (AvgIpc) is 2.93. The summed E-state index contributed by atoms with van der Waals surface area (Å²) in [6.45, 7) is 7.93. The molecule has 0 aliphatic carbocycles. The molecule has 6 heteroatoms. The molecular formula is C15H18N4OS. The van der Waals surface area contributed by atoms with E-state index in [1.54, 1.807) is 12.4 Å². The van der Waals surface area contributed by atoms with Crippen molar-refractivity contribution in [2.24, 2.45) is 0 Å². The van der Waals surface area contributed by atoms with Crippen LogP contribution in [0.25, 0.3) is 5.69 Å². The van der Waals surface area contributed by atoms with Crippen LogP contribution in [0.15, 0.2) is 48.4 Å². The second kappa shape index (κ2) is 7.08. The molecule has 2 aromatic rings. The molecule has 2 rings (SSSR count). The van der Waals surface area contributed by atoms with Crippen LogP contribution in [0.2, 0.25) is 0 Å². The van der Waals surface area contributed by atoms with Gasteiger partial charge in [0.15, 0.2) is 5.16 Å². The summed E-state index contributed by atoms with van der Waals surface area (Å²) in [4.78, 5) is 11.9. The van der Waals surface area contributed by atoms with E-state index >= 15 is 0 Å². The summed E-state index contributed by atoms with van der Waals surface area (Å²) in [5.41, 5.74) is 2.15. The van der Waals surface area contributed by atoms with Crippen LogP contribution in [0.1, 0.15) is 12.5 Å². The van der Waals surface area contributed by atoms with Crippen molar-refractivity contribution in [3.05, 3.63) is 48.8 Å². The fourth-order valence-electron chi connectivity index (χ4n) is 1.83. The number of hydrogen-bond donors (Lipinski definition) is 1. The van der Waals surface area contributed by atoms with Gasteiger partial charge < -0.3 is 5.32 Å². The first-order chi connectivity index (χ1) is 10.1. The number of carbonyl (C=O) groups is 1. The Morgan fingerprint density at radius 1 is 1.52 bits per heavy atom. The predicted molar refractivity (Wildman–Crippen MR) is 84.6 cm³/mol. The van der Waals surface area contributed by atoms with Crippen LogP contribution in [-0.2, 0) is 4.79 Å². The number of hydrogen-bond acceptors (Lipinski definition) is 4. The first-order valence-electron chi connectivity index (χ1n) is 6.64. The van der Waals surface area contributed by atoms with Gasteiger partial charge in [0, 0.05) is 6.54 Å². The third-order valence-electron chi connectivity index (χ3n) is 2.96. The molecule has 5 nitrogen and oxygen atoms in total. The molecule has 0 saturated heterocycles. The highest BCUT2D eigenvalue weighted by molar-refractivity contribution is 8.00. The average molecular weight is 302 g/mol. The van der Waals surface area contributed by atoms with Crippen molar-refractivity contribution in [3.63, 3.8) is 0 Å². The number of nitrogens with one attached hydrogen (secondary N) is 1. The molecule has 0 unspecified atom stereocenters. The zero-order valence-corrected chi connectivity index (χ0v) is 12.9. The summed E-state index contributed by atoms with van der Waals surface area (Å²) in [5.74, 6) is -0.0424. The maximum atomic E-state index is 11.9. The first kappa shape index (κ1) is 15.3. The van der Waals surface area contributed by atoms with Crippen molar-refractivity contribution in [1.29, 1.82) is 0 Å². The van der Waals surface area contributed by atoms with Gasteiger partial charge in [0.25, 0.3) is 0 Å². The van der Waals surface area contributed by atoms with Gasteiger partial charge in [-0.1, -0.05) is 36.0 Å². The number of aryl methyl sites for hydroxylation is 1. The molecular weight excluding hydrogens is 284 g/mol. The van der Waals surface area contributed by atoms with E-state index in [0.717, 1.165) is 11.3 Å². The van der Waals surface area contributed by atoms with Crippen LogP contribution in [0, 0.1) is 6.92 Å². The molecule has 110 valence electrons. The lowest BCUT2D eigenvalue weighted by Gasteiger charge is -2.12. The second-order valence-corrected chi connectivity index (χ2v) is 5.87. The molecule has 0 radical (unpaired) electrons. The van der Waals surface area contributed by atoms with Crippen LogP contribution >= 0.6 is 11.8 Å². The molecule has 21 heavy (non-hydrogen) atoms. The standard InChI is InChI=1S/C15H18N4OS/c1-4-9-16-14(20)12(3)21-15-18-17-10-19(15)13-8-6-5-7-11(13)2/h4-8,10,12H,1,9H2,2-3H3,(H,16,20)/t12-/m0/s1. The van der Waals surface area contributed by atoms with Gasteiger partial charge in [0.1, 0.15) is 6.33 Å². The monoisotopic (exact) mass is 302 g/mol. The SMILES string of the molecule is C=CCNC(=O)[C@H](C)Sc1nncn1-c1ccccc1C. The molecule has 0 fully saturated rings. The Kier molecular flexibility index (Phi) is 5.16. The number of rotatable bonds is 6. The highest BCUT2D eigenvalue weighted by Gasteiger charge is 2.18. The zero-order valence-electron chi connectivity index (χ0n) is 12.1. The van der Waals surface area contributed by atoms with Gasteiger partial charge in [-0.15, -0.1) is 16.8 Å². The van der Waals surface area contributed by atoms with Gasteiger partial charge in [0.2, 0.25) is 5.91 Å². The Morgan fingerprint density at radius 2 is 2.29 bits per heavy atom. The van der Waals surface area contributed by atoms with Crippen LogP contribution < -0.4 is 5.32 Å². The minimum absolute atomic E-state index is 0.0424. The lowest BCUT2D eigenvalue weighted by atomic mass is 10.2. The van der Waals surface area contributed by atoms with Gasteiger partial charge in [0.05, 0.1) is 10.9 Å². The minimum atomic E-state index is -0.253. The topological polar surface area (TPSA) is 59.8 Å². The largest absolute Gasteiger partial charge is 0.352 e. The van der Waals surface area contributed by atoms with Crippen molar-refractivity contribution in [2.75, 3.05) is 6.54 Å². The summed E-state index contributed by atoms with van der Waals surface area (Å²) in [5, 5.41) is 11.3. The number of nitrogens with zero attached hydrogens (tertiary/aromatic N) is 3. The van der Waals surface area contributed by atoms with Crippen molar-refractivity contribution >= 4 is 17.7 Å². The van der Waals surface area contributed by atoms with Crippen molar-refractivity contribution in [1.82, 2.24) is 20.1 Å². The molecule has 1 N–H and O–H groups in total. The van der Waals surface area contributed by atoms with Crippen LogP contribution in [0.5, 0.6) is 0 Å². The smallest absolute Gasteiger partial charge is 0.233 e. The Hall–Kier alpha value is -2.08.